The molecule has 2 fully saturated rings. The summed E-state index contributed by atoms with van der Waals surface area (Å²) in [5, 5.41) is 3.24. The van der Waals surface area contributed by atoms with Crippen LogP contribution >= 0.6 is 0 Å². The van der Waals surface area contributed by atoms with Gasteiger partial charge >= 0.3 is 0 Å². The molecule has 0 aliphatic carbocycles. The van der Waals surface area contributed by atoms with Crippen LogP contribution in [0.2, 0.25) is 0 Å². The van der Waals surface area contributed by atoms with E-state index in [-0.39, 0.29) is 6.23 Å². The van der Waals surface area contributed by atoms with Crippen LogP contribution < -0.4 is 5.32 Å². The Kier molecular flexibility index (Phi) is 0.997. The van der Waals surface area contributed by atoms with Gasteiger partial charge in [-0.1, -0.05) is 0 Å². The van der Waals surface area contributed by atoms with E-state index in [0.717, 1.165) is 13.0 Å². The van der Waals surface area contributed by atoms with Gasteiger partial charge in [-0.15, -0.1) is 0 Å². The fourth-order valence-corrected chi connectivity index (χ4v) is 1.19. The zero-order valence-corrected chi connectivity index (χ0v) is 4.59. The van der Waals surface area contributed by atoms with Gasteiger partial charge in [-0.3, -0.25) is 5.32 Å². The average Bonchev–Trinajstić information content (AvgIpc) is 2.12. The molecule has 2 saturated heterocycles. The SMILES string of the molecule is C1CC2NC1COO2. The summed E-state index contributed by atoms with van der Waals surface area (Å²) < 4.78 is 0. The van der Waals surface area contributed by atoms with Crippen molar-refractivity contribution < 1.29 is 9.78 Å². The van der Waals surface area contributed by atoms with E-state index in [9.17, 15) is 0 Å². The second kappa shape index (κ2) is 1.69. The van der Waals surface area contributed by atoms with E-state index in [0.29, 0.717) is 6.04 Å². The first kappa shape index (κ1) is 4.73. The van der Waals surface area contributed by atoms with Crippen LogP contribution in [0.5, 0.6) is 0 Å². The summed E-state index contributed by atoms with van der Waals surface area (Å²) in [6.07, 6.45) is 2.49. The molecule has 3 nitrogen and oxygen atoms in total. The van der Waals surface area contributed by atoms with Crippen LogP contribution in [-0.2, 0) is 9.78 Å². The Hall–Kier alpha value is -0.120. The lowest BCUT2D eigenvalue weighted by atomic mass is 10.2. The van der Waals surface area contributed by atoms with Crippen molar-refractivity contribution in [3.63, 3.8) is 0 Å². The van der Waals surface area contributed by atoms with Crippen molar-refractivity contribution in [2.24, 2.45) is 0 Å². The molecule has 0 radical (unpaired) electrons. The first-order valence-corrected chi connectivity index (χ1v) is 2.99. The lowest BCUT2D eigenvalue weighted by molar-refractivity contribution is -0.345. The molecule has 2 atom stereocenters. The minimum Gasteiger partial charge on any atom is -0.284 e. The summed E-state index contributed by atoms with van der Waals surface area (Å²) in [4.78, 5) is 9.65. The van der Waals surface area contributed by atoms with E-state index in [1.54, 1.807) is 0 Å². The Bertz CT molecular complexity index is 82.4. The normalized spacial score (nSPS) is 45.0. The Morgan fingerprint density at radius 1 is 1.38 bits per heavy atom. The predicted molar refractivity (Wildman–Crippen MR) is 27.0 cm³/mol. The minimum absolute atomic E-state index is 0.189. The third-order valence-corrected chi connectivity index (χ3v) is 1.65. The van der Waals surface area contributed by atoms with Gasteiger partial charge in [0, 0.05) is 6.04 Å². The number of fused-ring (bicyclic) bond motifs is 2. The van der Waals surface area contributed by atoms with Crippen LogP contribution in [0.3, 0.4) is 0 Å². The second-order valence-corrected chi connectivity index (χ2v) is 2.31. The molecule has 46 valence electrons. The lowest BCUT2D eigenvalue weighted by Crippen LogP contribution is -2.39. The number of hydrogen-bond donors (Lipinski definition) is 1. The van der Waals surface area contributed by atoms with Gasteiger partial charge in [0.2, 0.25) is 0 Å². The number of rotatable bonds is 0. The zero-order chi connectivity index (χ0) is 5.40. The molecule has 0 aromatic heterocycles. The fourth-order valence-electron chi connectivity index (χ4n) is 1.19. The molecule has 2 bridgehead atoms. The van der Waals surface area contributed by atoms with Gasteiger partial charge in [-0.05, 0) is 12.8 Å². The van der Waals surface area contributed by atoms with E-state index < -0.39 is 0 Å². The van der Waals surface area contributed by atoms with Crippen molar-refractivity contribution in [3.8, 4) is 0 Å². The summed E-state index contributed by atoms with van der Waals surface area (Å²) in [5.74, 6) is 0. The lowest BCUT2D eigenvalue weighted by Gasteiger charge is -2.19. The maximum Gasteiger partial charge on any atom is 0.144 e. The molecule has 2 aliphatic rings. The predicted octanol–water partition coefficient (Wildman–Crippen LogP) is 0.0263. The molecular formula is C5H9NO2. The maximum absolute atomic E-state index is 4.86. The van der Waals surface area contributed by atoms with Crippen LogP contribution in [-0.4, -0.2) is 18.9 Å². The monoisotopic (exact) mass is 115 g/mol. The Morgan fingerprint density at radius 2 is 2.38 bits per heavy atom. The minimum atomic E-state index is 0.189. The Morgan fingerprint density at radius 3 is 3.12 bits per heavy atom. The topological polar surface area (TPSA) is 30.5 Å². The summed E-state index contributed by atoms with van der Waals surface area (Å²) in [6.45, 7) is 0.719. The van der Waals surface area contributed by atoms with Gasteiger partial charge in [0.25, 0.3) is 0 Å². The zero-order valence-electron chi connectivity index (χ0n) is 4.59. The molecule has 8 heavy (non-hydrogen) atoms. The molecule has 0 amide bonds. The molecule has 0 aromatic carbocycles. The molecule has 0 aromatic rings. The van der Waals surface area contributed by atoms with Crippen molar-refractivity contribution in [2.75, 3.05) is 6.61 Å². The molecule has 2 heterocycles. The summed E-state index contributed by atoms with van der Waals surface area (Å²) in [6, 6.07) is 0.564. The van der Waals surface area contributed by atoms with Crippen LogP contribution in [0.25, 0.3) is 0 Å². The number of nitrogens with one attached hydrogen (secondary N) is 1. The summed E-state index contributed by atoms with van der Waals surface area (Å²) in [5.41, 5.74) is 0. The van der Waals surface area contributed by atoms with E-state index >= 15 is 0 Å². The van der Waals surface area contributed by atoms with Gasteiger partial charge < -0.3 is 0 Å². The summed E-state index contributed by atoms with van der Waals surface area (Å²) in [7, 11) is 0. The largest absolute Gasteiger partial charge is 0.284 e. The van der Waals surface area contributed by atoms with Crippen LogP contribution in [0, 0.1) is 0 Å². The van der Waals surface area contributed by atoms with E-state index in [1.807, 2.05) is 0 Å². The smallest absolute Gasteiger partial charge is 0.144 e. The second-order valence-electron chi connectivity index (χ2n) is 2.31. The quantitative estimate of drug-likeness (QED) is 0.452. The molecule has 1 N–H and O–H groups in total. The van der Waals surface area contributed by atoms with Crippen molar-refractivity contribution in [2.45, 2.75) is 25.1 Å². The van der Waals surface area contributed by atoms with Crippen molar-refractivity contribution in [1.82, 2.24) is 5.32 Å². The highest BCUT2D eigenvalue weighted by Gasteiger charge is 2.29. The highest BCUT2D eigenvalue weighted by molar-refractivity contribution is 4.78. The average molecular weight is 115 g/mol. The molecule has 2 rings (SSSR count). The van der Waals surface area contributed by atoms with Crippen LogP contribution in [0.1, 0.15) is 12.8 Å². The van der Waals surface area contributed by atoms with E-state index in [1.165, 1.54) is 6.42 Å². The summed E-state index contributed by atoms with van der Waals surface area (Å²) >= 11 is 0. The van der Waals surface area contributed by atoms with Gasteiger partial charge in [0.1, 0.15) is 6.23 Å². The first-order chi connectivity index (χ1) is 3.95. The third-order valence-electron chi connectivity index (χ3n) is 1.65. The number of hydrogen-bond acceptors (Lipinski definition) is 3. The molecule has 3 heteroatoms. The van der Waals surface area contributed by atoms with Gasteiger partial charge in [-0.25, -0.2) is 9.78 Å². The molecule has 2 unspecified atom stereocenters. The van der Waals surface area contributed by atoms with E-state index in [2.05, 4.69) is 5.32 Å². The molecular weight excluding hydrogens is 106 g/mol. The van der Waals surface area contributed by atoms with Crippen molar-refractivity contribution in [1.29, 1.82) is 0 Å². The molecule has 0 saturated carbocycles. The van der Waals surface area contributed by atoms with Crippen LogP contribution in [0.4, 0.5) is 0 Å². The van der Waals surface area contributed by atoms with Crippen LogP contribution in [0.15, 0.2) is 0 Å². The maximum atomic E-state index is 4.86. The van der Waals surface area contributed by atoms with E-state index in [4.69, 9.17) is 9.78 Å². The van der Waals surface area contributed by atoms with Gasteiger partial charge in [-0.2, -0.15) is 0 Å². The first-order valence-electron chi connectivity index (χ1n) is 2.99. The van der Waals surface area contributed by atoms with Gasteiger partial charge in [0.15, 0.2) is 0 Å². The molecule has 2 aliphatic heterocycles. The highest BCUT2D eigenvalue weighted by atomic mass is 17.2. The van der Waals surface area contributed by atoms with Crippen molar-refractivity contribution >= 4 is 0 Å². The van der Waals surface area contributed by atoms with Gasteiger partial charge in [0.05, 0.1) is 6.61 Å². The molecule has 0 spiro atoms. The van der Waals surface area contributed by atoms with Crippen molar-refractivity contribution in [3.05, 3.63) is 0 Å². The fraction of sp³-hybridized carbons (Fsp3) is 1.00. The Labute approximate surface area is 47.9 Å². The third kappa shape index (κ3) is 0.632. The Balaban J connectivity index is 2.03. The highest BCUT2D eigenvalue weighted by Crippen LogP contribution is 2.18. The standard InChI is InChI=1S/C5H9NO2/c1-2-5-6-4(1)3-7-8-5/h4-6H,1-3H2.